The van der Waals surface area contributed by atoms with Gasteiger partial charge in [0.15, 0.2) is 0 Å². The Balaban J connectivity index is 3.02. The molecule has 1 aromatic carbocycles. The zero-order chi connectivity index (χ0) is 13.9. The minimum atomic E-state index is -3.57. The summed E-state index contributed by atoms with van der Waals surface area (Å²) in [7, 11) is -3.57. The molecule has 0 radical (unpaired) electrons. The number of aliphatic hydroxyl groups excluding tert-OH is 1. The molecule has 0 bridgehead atoms. The Morgan fingerprint density at radius 1 is 1.33 bits per heavy atom. The minimum absolute atomic E-state index is 0.109. The molecular formula is C12H18ClNO3S. The highest BCUT2D eigenvalue weighted by Crippen LogP contribution is 2.21. The summed E-state index contributed by atoms with van der Waals surface area (Å²) in [4.78, 5) is 0.109. The molecule has 102 valence electrons. The van der Waals surface area contributed by atoms with Gasteiger partial charge in [0.2, 0.25) is 10.0 Å². The first-order valence-electron chi connectivity index (χ1n) is 5.69. The summed E-state index contributed by atoms with van der Waals surface area (Å²) in [6, 6.07) is 4.14. The van der Waals surface area contributed by atoms with Crippen LogP contribution in [0, 0.1) is 5.92 Å². The molecule has 0 aliphatic heterocycles. The minimum Gasteiger partial charge on any atom is -0.392 e. The molecule has 0 saturated heterocycles. The normalized spacial score (nSPS) is 13.9. The summed E-state index contributed by atoms with van der Waals surface area (Å²) < 4.78 is 26.7. The average molecular weight is 292 g/mol. The largest absolute Gasteiger partial charge is 0.392 e. The van der Waals surface area contributed by atoms with Gasteiger partial charge in [0.25, 0.3) is 0 Å². The molecule has 1 unspecified atom stereocenters. The highest BCUT2D eigenvalue weighted by atomic mass is 35.5. The van der Waals surface area contributed by atoms with Crippen molar-refractivity contribution in [1.29, 1.82) is 0 Å². The number of benzene rings is 1. The fourth-order valence-electron chi connectivity index (χ4n) is 1.27. The zero-order valence-corrected chi connectivity index (χ0v) is 12.2. The Morgan fingerprint density at radius 3 is 2.39 bits per heavy atom. The number of hydrogen-bond donors (Lipinski definition) is 2. The van der Waals surface area contributed by atoms with E-state index in [2.05, 4.69) is 4.72 Å². The van der Waals surface area contributed by atoms with Gasteiger partial charge in [0, 0.05) is 11.1 Å². The lowest BCUT2D eigenvalue weighted by Gasteiger charge is -2.17. The number of hydrogen-bond acceptors (Lipinski definition) is 3. The molecule has 0 spiro atoms. The van der Waals surface area contributed by atoms with Crippen molar-refractivity contribution in [3.63, 3.8) is 0 Å². The molecule has 6 heteroatoms. The van der Waals surface area contributed by atoms with Crippen molar-refractivity contribution < 1.29 is 13.5 Å². The summed E-state index contributed by atoms with van der Waals surface area (Å²) in [6.45, 7) is 5.48. The third kappa shape index (κ3) is 3.68. The molecule has 1 rings (SSSR count). The van der Waals surface area contributed by atoms with Crippen molar-refractivity contribution in [2.24, 2.45) is 5.92 Å². The second kappa shape index (κ2) is 6.02. The van der Waals surface area contributed by atoms with Crippen LogP contribution in [0.3, 0.4) is 0 Å². The van der Waals surface area contributed by atoms with Crippen LogP contribution < -0.4 is 4.72 Å². The molecular weight excluding hydrogens is 274 g/mol. The molecule has 0 heterocycles. The fourth-order valence-corrected chi connectivity index (χ4v) is 3.00. The van der Waals surface area contributed by atoms with Gasteiger partial charge in [0.1, 0.15) is 0 Å². The van der Waals surface area contributed by atoms with E-state index in [0.717, 1.165) is 0 Å². The SMILES string of the molecule is CC(C)C(C)NS(=O)(=O)c1ccc(CO)c(Cl)c1. The molecule has 0 aliphatic carbocycles. The first-order chi connectivity index (χ1) is 8.27. The Bertz CT molecular complexity index is 514. The van der Waals surface area contributed by atoms with Crippen LogP contribution in [0.25, 0.3) is 0 Å². The summed E-state index contributed by atoms with van der Waals surface area (Å²) >= 11 is 5.88. The Kier molecular flexibility index (Phi) is 5.16. The van der Waals surface area contributed by atoms with Crippen molar-refractivity contribution in [2.45, 2.75) is 38.3 Å². The standard InChI is InChI=1S/C12H18ClNO3S/c1-8(2)9(3)14-18(16,17)11-5-4-10(7-15)12(13)6-11/h4-6,8-9,14-15H,7H2,1-3H3. The van der Waals surface area contributed by atoms with Crippen LogP contribution in [0.2, 0.25) is 5.02 Å². The number of aliphatic hydroxyl groups is 1. The third-order valence-corrected chi connectivity index (χ3v) is 4.75. The van der Waals surface area contributed by atoms with E-state index in [9.17, 15) is 8.42 Å². The smallest absolute Gasteiger partial charge is 0.240 e. The molecule has 0 amide bonds. The molecule has 1 aromatic rings. The highest BCUT2D eigenvalue weighted by Gasteiger charge is 2.19. The number of sulfonamides is 1. The van der Waals surface area contributed by atoms with Gasteiger partial charge in [-0.1, -0.05) is 31.5 Å². The summed E-state index contributed by atoms with van der Waals surface area (Å²) in [6.07, 6.45) is 0. The molecule has 0 fully saturated rings. The predicted octanol–water partition coefficient (Wildman–Crippen LogP) is 2.16. The Labute approximate surface area is 113 Å². The maximum Gasteiger partial charge on any atom is 0.240 e. The number of halogens is 1. The zero-order valence-electron chi connectivity index (χ0n) is 10.6. The quantitative estimate of drug-likeness (QED) is 0.873. The van der Waals surface area contributed by atoms with E-state index < -0.39 is 10.0 Å². The van der Waals surface area contributed by atoms with Gasteiger partial charge in [-0.2, -0.15) is 0 Å². The maximum absolute atomic E-state index is 12.1. The van der Waals surface area contributed by atoms with E-state index >= 15 is 0 Å². The Hall–Kier alpha value is -0.620. The average Bonchev–Trinajstić information content (AvgIpc) is 2.28. The first-order valence-corrected chi connectivity index (χ1v) is 7.55. The molecule has 0 aliphatic rings. The van der Waals surface area contributed by atoms with Crippen LogP contribution in [-0.4, -0.2) is 19.6 Å². The molecule has 0 aromatic heterocycles. The highest BCUT2D eigenvalue weighted by molar-refractivity contribution is 7.89. The second-order valence-electron chi connectivity index (χ2n) is 4.57. The van der Waals surface area contributed by atoms with Crippen LogP contribution in [0.15, 0.2) is 23.1 Å². The van der Waals surface area contributed by atoms with Gasteiger partial charge in [-0.25, -0.2) is 13.1 Å². The molecule has 18 heavy (non-hydrogen) atoms. The topological polar surface area (TPSA) is 66.4 Å². The van der Waals surface area contributed by atoms with Crippen LogP contribution >= 0.6 is 11.6 Å². The van der Waals surface area contributed by atoms with Crippen LogP contribution in [0.1, 0.15) is 26.3 Å². The second-order valence-corrected chi connectivity index (χ2v) is 6.69. The molecule has 0 saturated carbocycles. The third-order valence-electron chi connectivity index (χ3n) is 2.85. The predicted molar refractivity (Wildman–Crippen MR) is 72.0 cm³/mol. The van der Waals surface area contributed by atoms with E-state index in [1.165, 1.54) is 18.2 Å². The number of nitrogens with one attached hydrogen (secondary N) is 1. The summed E-state index contributed by atoms with van der Waals surface area (Å²) in [5.74, 6) is 0.201. The summed E-state index contributed by atoms with van der Waals surface area (Å²) in [5.41, 5.74) is 0.507. The van der Waals surface area contributed by atoms with Gasteiger partial charge in [-0.05, 0) is 30.5 Å². The van der Waals surface area contributed by atoms with Crippen molar-refractivity contribution in [3.8, 4) is 0 Å². The lowest BCUT2D eigenvalue weighted by molar-refractivity contribution is 0.282. The van der Waals surface area contributed by atoms with Crippen molar-refractivity contribution in [3.05, 3.63) is 28.8 Å². The van der Waals surface area contributed by atoms with E-state index in [4.69, 9.17) is 16.7 Å². The maximum atomic E-state index is 12.1. The van der Waals surface area contributed by atoms with Gasteiger partial charge in [-0.15, -0.1) is 0 Å². The first kappa shape index (κ1) is 15.4. The van der Waals surface area contributed by atoms with E-state index in [1.807, 2.05) is 20.8 Å². The number of rotatable bonds is 5. The fraction of sp³-hybridized carbons (Fsp3) is 0.500. The van der Waals surface area contributed by atoms with Gasteiger partial charge in [0.05, 0.1) is 11.5 Å². The lowest BCUT2D eigenvalue weighted by Crippen LogP contribution is -2.36. The van der Waals surface area contributed by atoms with Crippen LogP contribution in [-0.2, 0) is 16.6 Å². The monoisotopic (exact) mass is 291 g/mol. The summed E-state index contributed by atoms with van der Waals surface area (Å²) in [5, 5.41) is 9.23. The van der Waals surface area contributed by atoms with E-state index in [-0.39, 0.29) is 28.5 Å². The van der Waals surface area contributed by atoms with Crippen molar-refractivity contribution in [2.75, 3.05) is 0 Å². The van der Waals surface area contributed by atoms with E-state index in [0.29, 0.717) is 5.56 Å². The van der Waals surface area contributed by atoms with Gasteiger partial charge in [-0.3, -0.25) is 0 Å². The van der Waals surface area contributed by atoms with Crippen molar-refractivity contribution >= 4 is 21.6 Å². The Morgan fingerprint density at radius 2 is 1.94 bits per heavy atom. The van der Waals surface area contributed by atoms with Crippen LogP contribution in [0.4, 0.5) is 0 Å². The van der Waals surface area contributed by atoms with Gasteiger partial charge < -0.3 is 5.11 Å². The van der Waals surface area contributed by atoms with E-state index in [1.54, 1.807) is 0 Å². The molecule has 2 N–H and O–H groups in total. The molecule has 1 atom stereocenters. The van der Waals surface area contributed by atoms with Crippen molar-refractivity contribution in [1.82, 2.24) is 4.72 Å². The van der Waals surface area contributed by atoms with Crippen LogP contribution in [0.5, 0.6) is 0 Å². The molecule has 4 nitrogen and oxygen atoms in total. The van der Waals surface area contributed by atoms with Gasteiger partial charge >= 0.3 is 0 Å². The lowest BCUT2D eigenvalue weighted by atomic mass is 10.1.